The first-order chi connectivity index (χ1) is 14.3. The maximum Gasteiger partial charge on any atom is 0.138 e. The standard InChI is InChI=1S/C23H26F2N2O3/c1-15-22(16(2)30-26-15)13-27(3)12-21(28)14-29-23(17-4-8-19(24)9-5-17)18-6-10-20(25)11-7-18/h4-11,21,23,28H,12-14H2,1-3H3. The molecular weight excluding hydrogens is 390 g/mol. The zero-order valence-corrected chi connectivity index (χ0v) is 17.3. The van der Waals surface area contributed by atoms with Crippen LogP contribution >= 0.6 is 0 Å². The van der Waals surface area contributed by atoms with Gasteiger partial charge in [-0.2, -0.15) is 0 Å². The van der Waals surface area contributed by atoms with E-state index in [2.05, 4.69) is 5.16 Å². The molecule has 3 aromatic rings. The van der Waals surface area contributed by atoms with E-state index in [1.54, 1.807) is 24.3 Å². The topological polar surface area (TPSA) is 58.7 Å². The van der Waals surface area contributed by atoms with Crippen LogP contribution in [0.3, 0.4) is 0 Å². The third-order valence-corrected chi connectivity index (χ3v) is 4.93. The highest BCUT2D eigenvalue weighted by molar-refractivity contribution is 5.30. The highest BCUT2D eigenvalue weighted by atomic mass is 19.1. The van der Waals surface area contributed by atoms with E-state index in [4.69, 9.17) is 9.26 Å². The fraction of sp³-hybridized carbons (Fsp3) is 0.348. The van der Waals surface area contributed by atoms with Crippen molar-refractivity contribution in [3.63, 3.8) is 0 Å². The number of aliphatic hydroxyl groups is 1. The van der Waals surface area contributed by atoms with Crippen molar-refractivity contribution in [2.75, 3.05) is 20.2 Å². The molecule has 7 heteroatoms. The minimum absolute atomic E-state index is 0.0609. The summed E-state index contributed by atoms with van der Waals surface area (Å²) in [4.78, 5) is 1.96. The molecule has 2 aromatic carbocycles. The van der Waals surface area contributed by atoms with Crippen LogP contribution in [0.4, 0.5) is 8.78 Å². The summed E-state index contributed by atoms with van der Waals surface area (Å²) >= 11 is 0. The molecule has 1 heterocycles. The second-order valence-electron chi connectivity index (χ2n) is 7.47. The number of halogens is 2. The summed E-state index contributed by atoms with van der Waals surface area (Å²) in [5.74, 6) is 0.0629. The van der Waals surface area contributed by atoms with Crippen molar-refractivity contribution in [3.05, 3.63) is 88.3 Å². The number of likely N-dealkylation sites (N-methyl/N-ethyl adjacent to an activating group) is 1. The van der Waals surface area contributed by atoms with Gasteiger partial charge in [-0.3, -0.25) is 4.90 Å². The van der Waals surface area contributed by atoms with Gasteiger partial charge in [0.1, 0.15) is 23.5 Å². The van der Waals surface area contributed by atoms with E-state index in [1.165, 1.54) is 24.3 Å². The van der Waals surface area contributed by atoms with Crippen LogP contribution in [0.1, 0.15) is 34.2 Å². The lowest BCUT2D eigenvalue weighted by atomic mass is 10.0. The summed E-state index contributed by atoms with van der Waals surface area (Å²) in [7, 11) is 1.90. The maximum atomic E-state index is 13.3. The highest BCUT2D eigenvalue weighted by Gasteiger charge is 2.19. The quantitative estimate of drug-likeness (QED) is 0.567. The van der Waals surface area contributed by atoms with Crippen molar-refractivity contribution >= 4 is 0 Å². The van der Waals surface area contributed by atoms with Crippen LogP contribution in [0.2, 0.25) is 0 Å². The number of rotatable bonds is 9. The van der Waals surface area contributed by atoms with E-state index >= 15 is 0 Å². The molecular formula is C23H26F2N2O3. The van der Waals surface area contributed by atoms with Gasteiger partial charge in [-0.25, -0.2) is 8.78 Å². The van der Waals surface area contributed by atoms with Crippen LogP contribution < -0.4 is 0 Å². The number of hydrogen-bond donors (Lipinski definition) is 1. The largest absolute Gasteiger partial charge is 0.389 e. The molecule has 0 aliphatic heterocycles. The molecule has 0 amide bonds. The molecule has 1 atom stereocenters. The van der Waals surface area contributed by atoms with Gasteiger partial charge in [-0.1, -0.05) is 29.4 Å². The van der Waals surface area contributed by atoms with Gasteiger partial charge in [-0.05, 0) is 56.3 Å². The first kappa shape index (κ1) is 22.1. The van der Waals surface area contributed by atoms with E-state index < -0.39 is 12.2 Å². The summed E-state index contributed by atoms with van der Waals surface area (Å²) in [5, 5.41) is 14.4. The average molecular weight is 416 g/mol. The van der Waals surface area contributed by atoms with Crippen molar-refractivity contribution < 1.29 is 23.1 Å². The Hall–Kier alpha value is -2.61. The molecule has 160 valence electrons. The molecule has 5 nitrogen and oxygen atoms in total. The third-order valence-electron chi connectivity index (χ3n) is 4.93. The number of aryl methyl sites for hydroxylation is 2. The monoisotopic (exact) mass is 416 g/mol. The van der Waals surface area contributed by atoms with Gasteiger partial charge in [0.05, 0.1) is 18.4 Å². The highest BCUT2D eigenvalue weighted by Crippen LogP contribution is 2.27. The van der Waals surface area contributed by atoms with Crippen LogP contribution in [0.25, 0.3) is 0 Å². The van der Waals surface area contributed by atoms with Gasteiger partial charge in [0.25, 0.3) is 0 Å². The number of nitrogens with zero attached hydrogens (tertiary/aromatic N) is 2. The van der Waals surface area contributed by atoms with Gasteiger partial charge in [0.15, 0.2) is 0 Å². The van der Waals surface area contributed by atoms with Crippen LogP contribution in [0, 0.1) is 25.5 Å². The molecule has 0 saturated carbocycles. The molecule has 1 aromatic heterocycles. The molecule has 0 saturated heterocycles. The molecule has 1 unspecified atom stereocenters. The first-order valence-electron chi connectivity index (χ1n) is 9.74. The zero-order valence-electron chi connectivity index (χ0n) is 17.3. The van der Waals surface area contributed by atoms with Crippen LogP contribution in [0.5, 0.6) is 0 Å². The molecule has 0 aliphatic rings. The lowest BCUT2D eigenvalue weighted by Crippen LogP contribution is -2.32. The van der Waals surface area contributed by atoms with Crippen molar-refractivity contribution in [1.82, 2.24) is 10.1 Å². The number of hydrogen-bond acceptors (Lipinski definition) is 5. The minimum Gasteiger partial charge on any atom is -0.389 e. The van der Waals surface area contributed by atoms with E-state index in [0.29, 0.717) is 13.1 Å². The Morgan fingerprint density at radius 2 is 1.53 bits per heavy atom. The predicted molar refractivity (Wildman–Crippen MR) is 109 cm³/mol. The predicted octanol–water partition coefficient (Wildman–Crippen LogP) is 4.17. The molecule has 1 N–H and O–H groups in total. The van der Waals surface area contributed by atoms with E-state index in [9.17, 15) is 13.9 Å². The lowest BCUT2D eigenvalue weighted by Gasteiger charge is -2.24. The molecule has 30 heavy (non-hydrogen) atoms. The lowest BCUT2D eigenvalue weighted by molar-refractivity contribution is -0.00634. The Morgan fingerprint density at radius 3 is 2.00 bits per heavy atom. The summed E-state index contributed by atoms with van der Waals surface area (Å²) in [6.07, 6.45) is -1.30. The van der Waals surface area contributed by atoms with Gasteiger partial charge < -0.3 is 14.4 Å². The Labute approximate surface area is 174 Å². The fourth-order valence-electron chi connectivity index (χ4n) is 3.34. The first-order valence-corrected chi connectivity index (χ1v) is 9.74. The molecule has 0 fully saturated rings. The van der Waals surface area contributed by atoms with E-state index in [1.807, 2.05) is 25.8 Å². The van der Waals surface area contributed by atoms with Crippen molar-refractivity contribution in [3.8, 4) is 0 Å². The van der Waals surface area contributed by atoms with Crippen molar-refractivity contribution in [2.45, 2.75) is 32.6 Å². The molecule has 0 radical (unpaired) electrons. The molecule has 3 rings (SSSR count). The summed E-state index contributed by atoms with van der Waals surface area (Å²) in [5.41, 5.74) is 3.28. The fourth-order valence-corrected chi connectivity index (χ4v) is 3.34. The summed E-state index contributed by atoms with van der Waals surface area (Å²) < 4.78 is 37.8. The van der Waals surface area contributed by atoms with Gasteiger partial charge in [0, 0.05) is 18.7 Å². The average Bonchev–Trinajstić information content (AvgIpc) is 3.02. The van der Waals surface area contributed by atoms with Crippen LogP contribution in [-0.4, -0.2) is 41.5 Å². The van der Waals surface area contributed by atoms with Gasteiger partial charge in [-0.15, -0.1) is 0 Å². The Bertz CT molecular complexity index is 877. The molecule has 0 aliphatic carbocycles. The smallest absolute Gasteiger partial charge is 0.138 e. The normalized spacial score (nSPS) is 12.7. The third kappa shape index (κ3) is 5.72. The number of aromatic nitrogens is 1. The second-order valence-corrected chi connectivity index (χ2v) is 7.47. The van der Waals surface area contributed by atoms with Gasteiger partial charge >= 0.3 is 0 Å². The minimum atomic E-state index is -0.751. The summed E-state index contributed by atoms with van der Waals surface area (Å²) in [6.45, 7) is 4.78. The van der Waals surface area contributed by atoms with E-state index in [-0.39, 0.29) is 18.2 Å². The summed E-state index contributed by atoms with van der Waals surface area (Å²) in [6, 6.07) is 11.9. The Kier molecular flexibility index (Phi) is 7.31. The Balaban J connectivity index is 1.64. The number of ether oxygens (including phenoxy) is 1. The van der Waals surface area contributed by atoms with E-state index in [0.717, 1.165) is 28.1 Å². The van der Waals surface area contributed by atoms with Gasteiger partial charge in [0.2, 0.25) is 0 Å². The number of aliphatic hydroxyl groups excluding tert-OH is 1. The van der Waals surface area contributed by atoms with Crippen LogP contribution in [-0.2, 0) is 11.3 Å². The number of benzene rings is 2. The van der Waals surface area contributed by atoms with Crippen molar-refractivity contribution in [1.29, 1.82) is 0 Å². The second kappa shape index (κ2) is 9.93. The SMILES string of the molecule is Cc1noc(C)c1CN(C)CC(O)COC(c1ccc(F)cc1)c1ccc(F)cc1. The van der Waals surface area contributed by atoms with Crippen LogP contribution in [0.15, 0.2) is 53.1 Å². The Morgan fingerprint density at radius 1 is 1.00 bits per heavy atom. The maximum absolute atomic E-state index is 13.3. The zero-order chi connectivity index (χ0) is 21.7. The van der Waals surface area contributed by atoms with Crippen molar-refractivity contribution in [2.24, 2.45) is 0 Å². The molecule has 0 spiro atoms. The molecule has 0 bridgehead atoms.